The highest BCUT2D eigenvalue weighted by molar-refractivity contribution is 9.10. The van der Waals surface area contributed by atoms with Gasteiger partial charge in [0.05, 0.1) is 35.1 Å². The van der Waals surface area contributed by atoms with Gasteiger partial charge in [0.2, 0.25) is 0 Å². The second-order valence-corrected chi connectivity index (χ2v) is 6.57. The number of hydrogen-bond donors (Lipinski definition) is 2. The monoisotopic (exact) mass is 361 g/mol. The minimum absolute atomic E-state index is 0.00824. The Bertz CT molecular complexity index is 421. The molecule has 0 saturated heterocycles. The number of hydrazine groups is 1. The average molecular weight is 362 g/mol. The molecule has 1 heterocycles. The summed E-state index contributed by atoms with van der Waals surface area (Å²) in [5.74, 6) is 6.17. The Morgan fingerprint density at radius 2 is 2.14 bits per heavy atom. The van der Waals surface area contributed by atoms with Gasteiger partial charge in [-0.2, -0.15) is 5.10 Å². The smallest absolute Gasteiger partial charge is 0.0904 e. The molecule has 0 aliphatic carbocycles. The Kier molecular flexibility index (Phi) is 7.83. The van der Waals surface area contributed by atoms with Gasteiger partial charge in [0.25, 0.3) is 0 Å². The second kappa shape index (κ2) is 8.85. The van der Waals surface area contributed by atoms with E-state index in [0.717, 1.165) is 23.3 Å². The first-order valence-corrected chi connectivity index (χ1v) is 8.15. The predicted octanol–water partition coefficient (Wildman–Crippen LogP) is 1.77. The van der Waals surface area contributed by atoms with E-state index >= 15 is 0 Å². The molecule has 0 amide bonds. The molecule has 0 bridgehead atoms. The van der Waals surface area contributed by atoms with Gasteiger partial charge in [-0.1, -0.05) is 13.8 Å². The van der Waals surface area contributed by atoms with Crippen molar-refractivity contribution in [3.63, 3.8) is 0 Å². The van der Waals surface area contributed by atoms with E-state index in [2.05, 4.69) is 45.2 Å². The molecule has 2 unspecified atom stereocenters. The number of hydrogen-bond acceptors (Lipinski definition) is 5. The molecular weight excluding hydrogens is 334 g/mol. The molecule has 6 nitrogen and oxygen atoms in total. The molecule has 1 aromatic heterocycles. The zero-order valence-corrected chi connectivity index (χ0v) is 15.2. The van der Waals surface area contributed by atoms with E-state index in [-0.39, 0.29) is 12.1 Å². The summed E-state index contributed by atoms with van der Waals surface area (Å²) in [4.78, 5) is 2.13. The predicted molar refractivity (Wildman–Crippen MR) is 88.8 cm³/mol. The Hall–Kier alpha value is -0.470. The summed E-state index contributed by atoms with van der Waals surface area (Å²) in [5, 5.41) is 4.45. The lowest BCUT2D eigenvalue weighted by Crippen LogP contribution is -2.42. The van der Waals surface area contributed by atoms with Gasteiger partial charge < -0.3 is 9.64 Å². The summed E-state index contributed by atoms with van der Waals surface area (Å²) in [6.07, 6.45) is 1.81. The summed E-state index contributed by atoms with van der Waals surface area (Å²) < 4.78 is 8.84. The number of ether oxygens (including phenoxy) is 1. The van der Waals surface area contributed by atoms with E-state index in [1.54, 1.807) is 0 Å². The van der Waals surface area contributed by atoms with Crippen molar-refractivity contribution in [2.75, 3.05) is 27.2 Å². The summed E-state index contributed by atoms with van der Waals surface area (Å²) in [7, 11) is 4.10. The molecule has 3 N–H and O–H groups in total. The quantitative estimate of drug-likeness (QED) is 0.518. The van der Waals surface area contributed by atoms with Crippen molar-refractivity contribution in [2.45, 2.75) is 39.5 Å². The Morgan fingerprint density at radius 3 is 2.62 bits per heavy atom. The molecule has 1 aromatic rings. The van der Waals surface area contributed by atoms with Gasteiger partial charge >= 0.3 is 0 Å². The molecule has 0 aliphatic heterocycles. The molecule has 122 valence electrons. The van der Waals surface area contributed by atoms with Gasteiger partial charge in [-0.05, 0) is 42.9 Å². The van der Waals surface area contributed by atoms with Gasteiger partial charge in [0.1, 0.15) is 0 Å². The van der Waals surface area contributed by atoms with Gasteiger partial charge in [-0.25, -0.2) is 5.43 Å². The topological polar surface area (TPSA) is 68.3 Å². The lowest BCUT2D eigenvalue weighted by molar-refractivity contribution is 0.000433. The lowest BCUT2D eigenvalue weighted by Gasteiger charge is -2.30. The van der Waals surface area contributed by atoms with Crippen LogP contribution in [0.25, 0.3) is 0 Å². The Balaban J connectivity index is 3.05. The summed E-state index contributed by atoms with van der Waals surface area (Å²) in [6.45, 7) is 8.66. The first kappa shape index (κ1) is 18.6. The van der Waals surface area contributed by atoms with Crippen LogP contribution < -0.4 is 11.3 Å². The first-order chi connectivity index (χ1) is 9.92. The van der Waals surface area contributed by atoms with Crippen molar-refractivity contribution in [1.29, 1.82) is 0 Å². The van der Waals surface area contributed by atoms with Crippen LogP contribution in [0.5, 0.6) is 0 Å². The SMILES string of the molecule is CCOC(C(C)C)C(NN)c1c(Br)cnn1CCN(C)C. The van der Waals surface area contributed by atoms with Crippen LogP contribution in [0.1, 0.15) is 32.5 Å². The zero-order valence-electron chi connectivity index (χ0n) is 13.6. The minimum Gasteiger partial charge on any atom is -0.376 e. The van der Waals surface area contributed by atoms with Crippen molar-refractivity contribution in [1.82, 2.24) is 20.1 Å². The highest BCUT2D eigenvalue weighted by Gasteiger charge is 2.30. The Labute approximate surface area is 136 Å². The molecule has 0 radical (unpaired) electrons. The van der Waals surface area contributed by atoms with Crippen molar-refractivity contribution < 1.29 is 4.74 Å². The fourth-order valence-corrected chi connectivity index (χ4v) is 2.89. The number of nitrogens with zero attached hydrogens (tertiary/aromatic N) is 3. The van der Waals surface area contributed by atoms with Crippen LogP contribution in [0.4, 0.5) is 0 Å². The normalized spacial score (nSPS) is 14.9. The molecule has 7 heteroatoms. The molecular formula is C14H28BrN5O. The molecule has 0 spiro atoms. The van der Waals surface area contributed by atoms with Gasteiger partial charge in [-0.15, -0.1) is 0 Å². The van der Waals surface area contributed by atoms with E-state index < -0.39 is 0 Å². The van der Waals surface area contributed by atoms with Gasteiger partial charge in [0, 0.05) is 13.2 Å². The van der Waals surface area contributed by atoms with Crippen molar-refractivity contribution >= 4 is 15.9 Å². The minimum atomic E-state index is -0.107. The number of aromatic nitrogens is 2. The number of nitrogens with two attached hydrogens (primary N) is 1. The van der Waals surface area contributed by atoms with Crippen molar-refractivity contribution in [3.8, 4) is 0 Å². The molecule has 1 rings (SSSR count). The average Bonchev–Trinajstić information content (AvgIpc) is 2.78. The van der Waals surface area contributed by atoms with Gasteiger partial charge in [-0.3, -0.25) is 10.5 Å². The van der Waals surface area contributed by atoms with Crippen LogP contribution in [0.15, 0.2) is 10.7 Å². The Morgan fingerprint density at radius 1 is 1.48 bits per heavy atom. The second-order valence-electron chi connectivity index (χ2n) is 5.71. The van der Waals surface area contributed by atoms with Crippen molar-refractivity contribution in [2.24, 2.45) is 11.8 Å². The van der Waals surface area contributed by atoms with Crippen LogP contribution in [-0.2, 0) is 11.3 Å². The highest BCUT2D eigenvalue weighted by Crippen LogP contribution is 2.29. The molecule has 0 aliphatic rings. The largest absolute Gasteiger partial charge is 0.376 e. The third kappa shape index (κ3) is 5.03. The summed E-state index contributed by atoms with van der Waals surface area (Å²) >= 11 is 3.59. The third-order valence-electron chi connectivity index (χ3n) is 3.41. The number of nitrogens with one attached hydrogen (secondary N) is 1. The maximum Gasteiger partial charge on any atom is 0.0904 e. The summed E-state index contributed by atoms with van der Waals surface area (Å²) in [6, 6.07) is -0.107. The number of rotatable bonds is 9. The molecule has 0 saturated carbocycles. The summed E-state index contributed by atoms with van der Waals surface area (Å²) in [5.41, 5.74) is 3.94. The fourth-order valence-electron chi connectivity index (χ4n) is 2.35. The fraction of sp³-hybridized carbons (Fsp3) is 0.786. The van der Waals surface area contributed by atoms with Gasteiger partial charge in [0.15, 0.2) is 0 Å². The van der Waals surface area contributed by atoms with Crippen LogP contribution >= 0.6 is 15.9 Å². The highest BCUT2D eigenvalue weighted by atomic mass is 79.9. The van der Waals surface area contributed by atoms with Crippen molar-refractivity contribution in [3.05, 3.63) is 16.4 Å². The van der Waals surface area contributed by atoms with E-state index in [1.807, 2.05) is 31.9 Å². The maximum absolute atomic E-state index is 5.90. The van der Waals surface area contributed by atoms with E-state index in [4.69, 9.17) is 10.6 Å². The zero-order chi connectivity index (χ0) is 16.0. The first-order valence-electron chi connectivity index (χ1n) is 7.36. The van der Waals surface area contributed by atoms with Crippen LogP contribution in [0.2, 0.25) is 0 Å². The number of likely N-dealkylation sites (N-methyl/N-ethyl adjacent to an activating group) is 1. The van der Waals surface area contributed by atoms with Crippen LogP contribution in [-0.4, -0.2) is 48.0 Å². The number of halogens is 1. The van der Waals surface area contributed by atoms with E-state index in [1.165, 1.54) is 0 Å². The van der Waals surface area contributed by atoms with Crippen LogP contribution in [0.3, 0.4) is 0 Å². The third-order valence-corrected chi connectivity index (χ3v) is 4.02. The molecule has 2 atom stereocenters. The standard InChI is InChI=1S/C14H28BrN5O/c1-6-21-14(10(2)3)12(18-16)13-11(15)9-17-20(13)8-7-19(4)5/h9-10,12,14,18H,6-8,16H2,1-5H3. The van der Waals surface area contributed by atoms with E-state index in [0.29, 0.717) is 12.5 Å². The maximum atomic E-state index is 5.90. The molecule has 0 aromatic carbocycles. The lowest BCUT2D eigenvalue weighted by atomic mass is 9.97. The van der Waals surface area contributed by atoms with E-state index in [9.17, 15) is 0 Å². The van der Waals surface area contributed by atoms with Crippen LogP contribution in [0, 0.1) is 5.92 Å². The molecule has 21 heavy (non-hydrogen) atoms. The molecule has 0 fully saturated rings.